The Hall–Kier alpha value is -1.79. The predicted octanol–water partition coefficient (Wildman–Crippen LogP) is 2.99. The van der Waals surface area contributed by atoms with Gasteiger partial charge in [0, 0.05) is 5.69 Å². The number of nitrogens with one attached hydrogen (secondary N) is 2. The van der Waals surface area contributed by atoms with Gasteiger partial charge in [-0.15, -0.1) is 11.3 Å². The molecule has 3 N–H and O–H groups in total. The summed E-state index contributed by atoms with van der Waals surface area (Å²) in [6, 6.07) is 3.17. The molecule has 0 unspecified atom stereocenters. The number of thiophene rings is 1. The summed E-state index contributed by atoms with van der Waals surface area (Å²) in [5.41, 5.74) is 0.836. The van der Waals surface area contributed by atoms with Crippen LogP contribution in [0.15, 0.2) is 17.5 Å². The second-order valence-electron chi connectivity index (χ2n) is 3.60. The van der Waals surface area contributed by atoms with Crippen LogP contribution in [0.2, 0.25) is 5.02 Å². The molecule has 0 saturated carbocycles. The number of halogens is 1. The number of carboxylic acid groups (broad SMARTS) is 1. The van der Waals surface area contributed by atoms with Crippen LogP contribution < -0.4 is 5.32 Å². The van der Waals surface area contributed by atoms with E-state index in [9.17, 15) is 9.59 Å². The molecule has 0 aliphatic heterocycles. The molecule has 0 aliphatic carbocycles. The van der Waals surface area contributed by atoms with Crippen molar-refractivity contribution < 1.29 is 14.7 Å². The summed E-state index contributed by atoms with van der Waals surface area (Å²) in [4.78, 5) is 25.9. The van der Waals surface area contributed by atoms with Crippen molar-refractivity contribution in [3.05, 3.63) is 38.8 Å². The predicted molar refractivity (Wildman–Crippen MR) is 69.8 cm³/mol. The van der Waals surface area contributed by atoms with Crippen LogP contribution in [0, 0.1) is 6.92 Å². The minimum absolute atomic E-state index is 0.0477. The number of carbonyl (C=O) groups is 2. The second-order valence-corrected chi connectivity index (χ2v) is 4.92. The monoisotopic (exact) mass is 284 g/mol. The van der Waals surface area contributed by atoms with Crippen molar-refractivity contribution in [1.82, 2.24) is 4.98 Å². The van der Waals surface area contributed by atoms with Crippen molar-refractivity contribution in [2.24, 2.45) is 0 Å². The summed E-state index contributed by atoms with van der Waals surface area (Å²) in [6.45, 7) is 1.71. The van der Waals surface area contributed by atoms with Crippen LogP contribution >= 0.6 is 22.9 Å². The third-order valence-electron chi connectivity index (χ3n) is 2.24. The van der Waals surface area contributed by atoms with Gasteiger partial charge in [-0.3, -0.25) is 4.79 Å². The van der Waals surface area contributed by atoms with E-state index in [1.54, 1.807) is 24.4 Å². The molecule has 0 radical (unpaired) electrons. The van der Waals surface area contributed by atoms with Crippen LogP contribution in [-0.2, 0) is 0 Å². The van der Waals surface area contributed by atoms with Crippen molar-refractivity contribution in [1.29, 1.82) is 0 Å². The molecule has 0 aliphatic rings. The number of hydrogen-bond acceptors (Lipinski definition) is 3. The molecule has 2 rings (SSSR count). The Morgan fingerprint density at radius 1 is 1.50 bits per heavy atom. The van der Waals surface area contributed by atoms with E-state index in [0.29, 0.717) is 15.6 Å². The Kier molecular flexibility index (Phi) is 3.40. The van der Waals surface area contributed by atoms with Crippen LogP contribution in [0.5, 0.6) is 0 Å². The van der Waals surface area contributed by atoms with E-state index in [4.69, 9.17) is 16.7 Å². The molecular formula is C11H9ClN2O3S. The SMILES string of the molecule is Cc1cc(NC(=O)c2sccc2Cl)c(C(=O)O)[nH]1. The van der Waals surface area contributed by atoms with Crippen molar-refractivity contribution >= 4 is 40.5 Å². The van der Waals surface area contributed by atoms with Gasteiger partial charge in [-0.1, -0.05) is 11.6 Å². The quantitative estimate of drug-likeness (QED) is 0.810. The van der Waals surface area contributed by atoms with E-state index in [2.05, 4.69) is 10.3 Å². The molecule has 7 heteroatoms. The van der Waals surface area contributed by atoms with Gasteiger partial charge in [-0.05, 0) is 24.4 Å². The zero-order valence-corrected chi connectivity index (χ0v) is 10.9. The fraction of sp³-hybridized carbons (Fsp3) is 0.0909. The van der Waals surface area contributed by atoms with Crippen LogP contribution in [0.25, 0.3) is 0 Å². The van der Waals surface area contributed by atoms with Gasteiger partial charge in [0.25, 0.3) is 5.91 Å². The first-order chi connectivity index (χ1) is 8.49. The van der Waals surface area contributed by atoms with Gasteiger partial charge in [-0.2, -0.15) is 0 Å². The zero-order chi connectivity index (χ0) is 13.3. The van der Waals surface area contributed by atoms with Gasteiger partial charge in [0.05, 0.1) is 10.7 Å². The smallest absolute Gasteiger partial charge is 0.354 e. The Bertz CT molecular complexity index is 618. The van der Waals surface area contributed by atoms with E-state index >= 15 is 0 Å². The first-order valence-electron chi connectivity index (χ1n) is 4.96. The topological polar surface area (TPSA) is 82.2 Å². The minimum Gasteiger partial charge on any atom is -0.477 e. The number of aromatic nitrogens is 1. The van der Waals surface area contributed by atoms with Crippen molar-refractivity contribution in [2.45, 2.75) is 6.92 Å². The van der Waals surface area contributed by atoms with E-state index in [1.807, 2.05) is 0 Å². The highest BCUT2D eigenvalue weighted by atomic mass is 35.5. The van der Waals surface area contributed by atoms with Crippen LogP contribution in [-0.4, -0.2) is 22.0 Å². The lowest BCUT2D eigenvalue weighted by atomic mass is 10.3. The van der Waals surface area contributed by atoms with Crippen LogP contribution in [0.1, 0.15) is 25.9 Å². The Balaban J connectivity index is 2.27. The first kappa shape index (κ1) is 12.7. The maximum absolute atomic E-state index is 11.9. The number of carbonyl (C=O) groups excluding carboxylic acids is 1. The lowest BCUT2D eigenvalue weighted by Gasteiger charge is -2.02. The molecule has 2 heterocycles. The van der Waals surface area contributed by atoms with Crippen LogP contribution in [0.3, 0.4) is 0 Å². The minimum atomic E-state index is -1.13. The molecule has 94 valence electrons. The average Bonchev–Trinajstić information content (AvgIpc) is 2.84. The summed E-state index contributed by atoms with van der Waals surface area (Å²) in [6.07, 6.45) is 0. The summed E-state index contributed by atoms with van der Waals surface area (Å²) in [7, 11) is 0. The molecule has 0 bridgehead atoms. The summed E-state index contributed by atoms with van der Waals surface area (Å²) in [5, 5.41) is 13.5. The number of rotatable bonds is 3. The molecule has 18 heavy (non-hydrogen) atoms. The Morgan fingerprint density at radius 2 is 2.22 bits per heavy atom. The average molecular weight is 285 g/mol. The Labute approximate surface area is 111 Å². The molecule has 0 spiro atoms. The van der Waals surface area contributed by atoms with E-state index in [1.165, 1.54) is 11.3 Å². The van der Waals surface area contributed by atoms with Crippen LogP contribution in [0.4, 0.5) is 5.69 Å². The molecule has 5 nitrogen and oxygen atoms in total. The maximum atomic E-state index is 11.9. The highest BCUT2D eigenvalue weighted by molar-refractivity contribution is 7.12. The van der Waals surface area contributed by atoms with Gasteiger partial charge in [0.2, 0.25) is 0 Å². The first-order valence-corrected chi connectivity index (χ1v) is 6.22. The van der Waals surface area contributed by atoms with E-state index in [0.717, 1.165) is 0 Å². The van der Waals surface area contributed by atoms with Gasteiger partial charge in [0.15, 0.2) is 0 Å². The fourth-order valence-corrected chi connectivity index (χ4v) is 2.53. The van der Waals surface area contributed by atoms with Crippen molar-refractivity contribution in [3.63, 3.8) is 0 Å². The summed E-state index contributed by atoms with van der Waals surface area (Å²) < 4.78 is 0. The van der Waals surface area contributed by atoms with Gasteiger partial charge in [0.1, 0.15) is 10.6 Å². The summed E-state index contributed by atoms with van der Waals surface area (Å²) in [5.74, 6) is -1.55. The molecule has 2 aromatic heterocycles. The number of aromatic carboxylic acids is 1. The van der Waals surface area contributed by atoms with Gasteiger partial charge < -0.3 is 15.4 Å². The molecule has 2 aromatic rings. The third-order valence-corrected chi connectivity index (χ3v) is 3.58. The maximum Gasteiger partial charge on any atom is 0.354 e. The van der Waals surface area contributed by atoms with E-state index in [-0.39, 0.29) is 11.4 Å². The number of anilines is 1. The number of aromatic amines is 1. The van der Waals surface area contributed by atoms with Gasteiger partial charge >= 0.3 is 5.97 Å². The molecule has 1 amide bonds. The van der Waals surface area contributed by atoms with Gasteiger partial charge in [-0.25, -0.2) is 4.79 Å². The zero-order valence-electron chi connectivity index (χ0n) is 9.28. The van der Waals surface area contributed by atoms with Crippen molar-refractivity contribution in [2.75, 3.05) is 5.32 Å². The number of aryl methyl sites for hydroxylation is 1. The highest BCUT2D eigenvalue weighted by Gasteiger charge is 2.18. The lowest BCUT2D eigenvalue weighted by Crippen LogP contribution is -2.13. The molecular weight excluding hydrogens is 276 g/mol. The number of amides is 1. The standard InChI is InChI=1S/C11H9ClN2O3S/c1-5-4-7(8(13-5)11(16)17)14-10(15)9-6(12)2-3-18-9/h2-4,13H,1H3,(H,14,15)(H,16,17). The fourth-order valence-electron chi connectivity index (χ4n) is 1.49. The number of carboxylic acids is 1. The highest BCUT2D eigenvalue weighted by Crippen LogP contribution is 2.24. The lowest BCUT2D eigenvalue weighted by molar-refractivity contribution is 0.0692. The molecule has 0 atom stereocenters. The number of H-pyrrole nitrogens is 1. The second kappa shape index (κ2) is 4.83. The molecule has 0 saturated heterocycles. The largest absolute Gasteiger partial charge is 0.477 e. The molecule has 0 aromatic carbocycles. The van der Waals surface area contributed by atoms with E-state index < -0.39 is 11.9 Å². The Morgan fingerprint density at radius 3 is 2.78 bits per heavy atom. The number of hydrogen-bond donors (Lipinski definition) is 3. The third kappa shape index (κ3) is 2.39. The molecule has 0 fully saturated rings. The summed E-state index contributed by atoms with van der Waals surface area (Å²) >= 11 is 7.03. The van der Waals surface area contributed by atoms with Crippen molar-refractivity contribution in [3.8, 4) is 0 Å². The normalized spacial score (nSPS) is 10.3.